The highest BCUT2D eigenvalue weighted by Crippen LogP contribution is 2.20. The van der Waals surface area contributed by atoms with Gasteiger partial charge < -0.3 is 10.6 Å². The van der Waals surface area contributed by atoms with E-state index in [1.165, 1.54) is 11.6 Å². The van der Waals surface area contributed by atoms with E-state index in [9.17, 15) is 4.39 Å². The van der Waals surface area contributed by atoms with Crippen molar-refractivity contribution < 1.29 is 4.39 Å². The Morgan fingerprint density at radius 2 is 1.95 bits per heavy atom. The molecule has 0 saturated heterocycles. The lowest BCUT2D eigenvalue weighted by Gasteiger charge is -2.24. The summed E-state index contributed by atoms with van der Waals surface area (Å²) in [4.78, 5) is 2.16. The highest BCUT2D eigenvalue weighted by molar-refractivity contribution is 5.49. The normalized spacial score (nSPS) is 10.6. The van der Waals surface area contributed by atoms with Crippen LogP contribution in [0.1, 0.15) is 23.6 Å². The van der Waals surface area contributed by atoms with Crippen LogP contribution < -0.4 is 10.6 Å². The van der Waals surface area contributed by atoms with Crippen molar-refractivity contribution in [3.63, 3.8) is 0 Å². The third-order valence-electron chi connectivity index (χ3n) is 3.46. The molecule has 20 heavy (non-hydrogen) atoms. The summed E-state index contributed by atoms with van der Waals surface area (Å²) in [7, 11) is 0. The Kier molecular flexibility index (Phi) is 4.74. The van der Waals surface area contributed by atoms with E-state index in [1.54, 1.807) is 0 Å². The molecule has 2 rings (SSSR count). The van der Waals surface area contributed by atoms with Crippen molar-refractivity contribution in [2.45, 2.75) is 26.9 Å². The first-order chi connectivity index (χ1) is 9.63. The van der Waals surface area contributed by atoms with Crippen LogP contribution in [-0.2, 0) is 13.1 Å². The van der Waals surface area contributed by atoms with Crippen LogP contribution in [-0.4, -0.2) is 6.54 Å². The van der Waals surface area contributed by atoms with Crippen LogP contribution in [0.2, 0.25) is 0 Å². The smallest absolute Gasteiger partial charge is 0.128 e. The van der Waals surface area contributed by atoms with Crippen LogP contribution in [0.3, 0.4) is 0 Å². The molecule has 0 aliphatic rings. The number of benzene rings is 2. The van der Waals surface area contributed by atoms with Gasteiger partial charge in [-0.1, -0.05) is 24.3 Å². The number of halogens is 1. The monoisotopic (exact) mass is 272 g/mol. The second-order valence-electron chi connectivity index (χ2n) is 4.98. The lowest BCUT2D eigenvalue weighted by Crippen LogP contribution is -2.22. The molecule has 0 fully saturated rings. The molecule has 2 nitrogen and oxygen atoms in total. The van der Waals surface area contributed by atoms with E-state index in [0.29, 0.717) is 18.7 Å². The maximum atomic E-state index is 14.0. The van der Waals surface area contributed by atoms with Gasteiger partial charge >= 0.3 is 0 Å². The Bertz CT molecular complexity index is 581. The van der Waals surface area contributed by atoms with Gasteiger partial charge in [0.25, 0.3) is 0 Å². The Morgan fingerprint density at radius 3 is 2.55 bits per heavy atom. The molecule has 2 N–H and O–H groups in total. The third-order valence-corrected chi connectivity index (χ3v) is 3.46. The zero-order valence-corrected chi connectivity index (χ0v) is 12.1. The molecule has 0 aliphatic heterocycles. The molecule has 0 atom stereocenters. The Morgan fingerprint density at radius 1 is 1.15 bits per heavy atom. The lowest BCUT2D eigenvalue weighted by atomic mass is 10.1. The highest BCUT2D eigenvalue weighted by Gasteiger charge is 2.09. The van der Waals surface area contributed by atoms with Crippen LogP contribution in [0.4, 0.5) is 10.1 Å². The minimum absolute atomic E-state index is 0.181. The van der Waals surface area contributed by atoms with Crippen molar-refractivity contribution >= 4 is 5.69 Å². The molecular formula is C17H21FN2. The minimum atomic E-state index is -0.181. The fraction of sp³-hybridized carbons (Fsp3) is 0.294. The van der Waals surface area contributed by atoms with Crippen molar-refractivity contribution in [2.24, 2.45) is 5.73 Å². The van der Waals surface area contributed by atoms with E-state index in [4.69, 9.17) is 5.73 Å². The van der Waals surface area contributed by atoms with Crippen molar-refractivity contribution in [3.05, 3.63) is 65.0 Å². The Balaban J connectivity index is 2.22. The summed E-state index contributed by atoms with van der Waals surface area (Å²) in [6.45, 7) is 5.91. The van der Waals surface area contributed by atoms with Crippen LogP contribution in [0, 0.1) is 12.7 Å². The second kappa shape index (κ2) is 6.53. The molecule has 0 heterocycles. The molecule has 0 spiro atoms. The van der Waals surface area contributed by atoms with Gasteiger partial charge in [0, 0.05) is 30.9 Å². The molecule has 0 amide bonds. The van der Waals surface area contributed by atoms with Gasteiger partial charge in [0.1, 0.15) is 5.82 Å². The molecule has 2 aromatic rings. The fourth-order valence-electron chi connectivity index (χ4n) is 2.26. The summed E-state index contributed by atoms with van der Waals surface area (Å²) in [6.07, 6.45) is 0. The first kappa shape index (κ1) is 14.5. The van der Waals surface area contributed by atoms with Gasteiger partial charge in [-0.2, -0.15) is 0 Å². The average Bonchev–Trinajstić information content (AvgIpc) is 2.46. The predicted molar refractivity (Wildman–Crippen MR) is 82.2 cm³/mol. The van der Waals surface area contributed by atoms with Crippen molar-refractivity contribution in [1.82, 2.24) is 0 Å². The summed E-state index contributed by atoms with van der Waals surface area (Å²) < 4.78 is 14.0. The molecular weight excluding hydrogens is 251 g/mol. The summed E-state index contributed by atoms with van der Waals surface area (Å²) >= 11 is 0. The number of rotatable bonds is 5. The third kappa shape index (κ3) is 3.36. The quantitative estimate of drug-likeness (QED) is 0.900. The largest absolute Gasteiger partial charge is 0.367 e. The average molecular weight is 272 g/mol. The highest BCUT2D eigenvalue weighted by atomic mass is 19.1. The summed E-state index contributed by atoms with van der Waals surface area (Å²) in [5.41, 5.74) is 9.38. The van der Waals surface area contributed by atoms with Gasteiger partial charge in [0.05, 0.1) is 0 Å². The number of nitrogens with two attached hydrogens (primary N) is 1. The van der Waals surface area contributed by atoms with E-state index in [-0.39, 0.29) is 5.82 Å². The molecule has 0 bridgehead atoms. The van der Waals surface area contributed by atoms with Gasteiger partial charge in [-0.25, -0.2) is 4.39 Å². The van der Waals surface area contributed by atoms with E-state index in [1.807, 2.05) is 18.2 Å². The molecule has 2 aromatic carbocycles. The molecule has 0 saturated carbocycles. The van der Waals surface area contributed by atoms with E-state index in [2.05, 4.69) is 36.9 Å². The van der Waals surface area contributed by atoms with Gasteiger partial charge in [-0.15, -0.1) is 0 Å². The number of anilines is 1. The van der Waals surface area contributed by atoms with Crippen LogP contribution in [0.25, 0.3) is 0 Å². The van der Waals surface area contributed by atoms with Gasteiger partial charge in [-0.3, -0.25) is 0 Å². The van der Waals surface area contributed by atoms with Gasteiger partial charge in [-0.05, 0) is 43.2 Å². The molecule has 0 radical (unpaired) electrons. The lowest BCUT2D eigenvalue weighted by molar-refractivity contribution is 0.603. The maximum absolute atomic E-state index is 14.0. The number of nitrogens with zero attached hydrogens (tertiary/aromatic N) is 1. The zero-order valence-electron chi connectivity index (χ0n) is 12.1. The minimum Gasteiger partial charge on any atom is -0.367 e. The second-order valence-corrected chi connectivity index (χ2v) is 4.98. The Hall–Kier alpha value is -1.87. The number of hydrogen-bond donors (Lipinski definition) is 1. The van der Waals surface area contributed by atoms with E-state index in [0.717, 1.165) is 17.8 Å². The summed E-state index contributed by atoms with van der Waals surface area (Å²) in [6, 6.07) is 13.5. The van der Waals surface area contributed by atoms with Crippen molar-refractivity contribution in [2.75, 3.05) is 11.4 Å². The van der Waals surface area contributed by atoms with Gasteiger partial charge in [0.15, 0.2) is 0 Å². The zero-order chi connectivity index (χ0) is 14.5. The standard InChI is InChI=1S/C17H21FN2/c1-3-20(16-6-4-5-13(2)9-16)12-15-8-7-14(11-19)10-17(15)18/h4-10H,3,11-12,19H2,1-2H3. The topological polar surface area (TPSA) is 29.3 Å². The first-order valence-corrected chi connectivity index (χ1v) is 6.93. The van der Waals surface area contributed by atoms with Crippen LogP contribution in [0.5, 0.6) is 0 Å². The van der Waals surface area contributed by atoms with Crippen LogP contribution >= 0.6 is 0 Å². The van der Waals surface area contributed by atoms with E-state index >= 15 is 0 Å². The van der Waals surface area contributed by atoms with Crippen molar-refractivity contribution in [1.29, 1.82) is 0 Å². The number of hydrogen-bond acceptors (Lipinski definition) is 2. The molecule has 106 valence electrons. The summed E-state index contributed by atoms with van der Waals surface area (Å²) in [5.74, 6) is -0.181. The molecule has 0 aliphatic carbocycles. The first-order valence-electron chi connectivity index (χ1n) is 6.93. The van der Waals surface area contributed by atoms with Crippen LogP contribution in [0.15, 0.2) is 42.5 Å². The molecule has 0 unspecified atom stereocenters. The SMILES string of the molecule is CCN(Cc1ccc(CN)cc1F)c1cccc(C)c1. The van der Waals surface area contributed by atoms with Crippen molar-refractivity contribution in [3.8, 4) is 0 Å². The maximum Gasteiger partial charge on any atom is 0.128 e. The summed E-state index contributed by atoms with van der Waals surface area (Å²) in [5, 5.41) is 0. The Labute approximate surface area is 120 Å². The fourth-order valence-corrected chi connectivity index (χ4v) is 2.26. The molecule has 0 aromatic heterocycles. The molecule has 3 heteroatoms. The van der Waals surface area contributed by atoms with E-state index < -0.39 is 0 Å². The number of aryl methyl sites for hydroxylation is 1. The predicted octanol–water partition coefficient (Wildman–Crippen LogP) is 3.62. The van der Waals surface area contributed by atoms with Gasteiger partial charge in [0.2, 0.25) is 0 Å².